The minimum Gasteiger partial charge on any atom is -0.310 e. The van der Waals surface area contributed by atoms with Crippen LogP contribution in [0.15, 0.2) is 0 Å². The second kappa shape index (κ2) is 6.72. The molecule has 17 heavy (non-hydrogen) atoms. The van der Waals surface area contributed by atoms with Crippen LogP contribution < -0.4 is 5.32 Å². The number of likely N-dealkylation sites (N-methyl/N-ethyl adjacent to an activating group) is 1. The summed E-state index contributed by atoms with van der Waals surface area (Å²) in [5, 5.41) is 3.87. The maximum absolute atomic E-state index is 3.87. The molecule has 3 heteroatoms. The smallest absolute Gasteiger partial charge is 0.0220 e. The third-order valence-corrected chi connectivity index (χ3v) is 4.02. The van der Waals surface area contributed by atoms with Crippen LogP contribution in [0.25, 0.3) is 0 Å². The number of likely N-dealkylation sites (tertiary alicyclic amines) is 1. The van der Waals surface area contributed by atoms with Gasteiger partial charge in [0, 0.05) is 24.7 Å². The van der Waals surface area contributed by atoms with E-state index in [-0.39, 0.29) is 0 Å². The molecule has 1 N–H and O–H groups in total. The zero-order chi connectivity index (χ0) is 13.0. The number of nitrogens with one attached hydrogen (secondary N) is 1. The largest absolute Gasteiger partial charge is 0.310 e. The van der Waals surface area contributed by atoms with E-state index in [9.17, 15) is 0 Å². The van der Waals surface area contributed by atoms with Crippen LogP contribution >= 0.6 is 0 Å². The maximum Gasteiger partial charge on any atom is 0.0220 e. The van der Waals surface area contributed by atoms with Gasteiger partial charge < -0.3 is 15.1 Å². The van der Waals surface area contributed by atoms with Crippen LogP contribution in [-0.4, -0.2) is 62.2 Å². The van der Waals surface area contributed by atoms with Crippen molar-refractivity contribution in [2.75, 3.05) is 34.2 Å². The molecule has 3 atom stereocenters. The predicted molar refractivity (Wildman–Crippen MR) is 75.4 cm³/mol. The van der Waals surface area contributed by atoms with Crippen molar-refractivity contribution in [2.45, 2.75) is 51.7 Å². The molecule has 3 unspecified atom stereocenters. The van der Waals surface area contributed by atoms with Crippen LogP contribution in [0.5, 0.6) is 0 Å². The van der Waals surface area contributed by atoms with Gasteiger partial charge in [0.1, 0.15) is 0 Å². The highest BCUT2D eigenvalue weighted by molar-refractivity contribution is 4.85. The van der Waals surface area contributed by atoms with Crippen LogP contribution in [0.1, 0.15) is 33.6 Å². The van der Waals surface area contributed by atoms with Crippen molar-refractivity contribution in [1.29, 1.82) is 0 Å². The van der Waals surface area contributed by atoms with E-state index in [0.29, 0.717) is 24.0 Å². The molecule has 1 saturated heterocycles. The van der Waals surface area contributed by atoms with E-state index in [1.54, 1.807) is 0 Å². The average molecular weight is 241 g/mol. The zero-order valence-electron chi connectivity index (χ0n) is 12.5. The Morgan fingerprint density at radius 1 is 1.35 bits per heavy atom. The molecule has 0 bridgehead atoms. The SMILES string of the molecule is CC(C)C(CN(C)C)NC1CCN(C)C(C)C1. The summed E-state index contributed by atoms with van der Waals surface area (Å²) in [6.45, 7) is 9.34. The summed E-state index contributed by atoms with van der Waals surface area (Å²) in [4.78, 5) is 4.75. The fourth-order valence-corrected chi connectivity index (χ4v) is 2.59. The summed E-state index contributed by atoms with van der Waals surface area (Å²) >= 11 is 0. The third kappa shape index (κ3) is 4.94. The van der Waals surface area contributed by atoms with Gasteiger partial charge >= 0.3 is 0 Å². The Morgan fingerprint density at radius 3 is 2.47 bits per heavy atom. The number of piperidine rings is 1. The Bertz CT molecular complexity index is 216. The monoisotopic (exact) mass is 241 g/mol. The number of rotatable bonds is 5. The first-order chi connectivity index (χ1) is 7.90. The van der Waals surface area contributed by atoms with Gasteiger partial charge in [-0.15, -0.1) is 0 Å². The first-order valence-corrected chi connectivity index (χ1v) is 7.01. The van der Waals surface area contributed by atoms with E-state index in [2.05, 4.69) is 57.0 Å². The van der Waals surface area contributed by atoms with Gasteiger partial charge in [-0.3, -0.25) is 0 Å². The van der Waals surface area contributed by atoms with Crippen LogP contribution in [0.3, 0.4) is 0 Å². The van der Waals surface area contributed by atoms with E-state index in [4.69, 9.17) is 0 Å². The lowest BCUT2D eigenvalue weighted by molar-refractivity contribution is 0.150. The fourth-order valence-electron chi connectivity index (χ4n) is 2.59. The van der Waals surface area contributed by atoms with E-state index >= 15 is 0 Å². The molecule has 0 saturated carbocycles. The Morgan fingerprint density at radius 2 is 2.00 bits per heavy atom. The number of hydrogen-bond donors (Lipinski definition) is 1. The van der Waals surface area contributed by atoms with E-state index < -0.39 is 0 Å². The Hall–Kier alpha value is -0.120. The van der Waals surface area contributed by atoms with Gasteiger partial charge in [-0.05, 0) is 53.4 Å². The number of hydrogen-bond acceptors (Lipinski definition) is 3. The van der Waals surface area contributed by atoms with Gasteiger partial charge in [0.2, 0.25) is 0 Å². The standard InChI is InChI=1S/C14H31N3/c1-11(2)14(10-16(4)5)15-13-7-8-17(6)12(3)9-13/h11-15H,7-10H2,1-6H3. The van der Waals surface area contributed by atoms with Crippen LogP contribution in [0, 0.1) is 5.92 Å². The van der Waals surface area contributed by atoms with Crippen LogP contribution in [0.2, 0.25) is 0 Å². The lowest BCUT2D eigenvalue weighted by Gasteiger charge is -2.38. The first-order valence-electron chi connectivity index (χ1n) is 7.01. The highest BCUT2D eigenvalue weighted by Crippen LogP contribution is 2.17. The predicted octanol–water partition coefficient (Wildman–Crippen LogP) is 1.64. The Kier molecular flexibility index (Phi) is 5.90. The number of nitrogens with zero attached hydrogens (tertiary/aromatic N) is 2. The van der Waals surface area contributed by atoms with Crippen molar-refractivity contribution in [1.82, 2.24) is 15.1 Å². The lowest BCUT2D eigenvalue weighted by Crippen LogP contribution is -2.52. The second-order valence-corrected chi connectivity index (χ2v) is 6.33. The molecular weight excluding hydrogens is 210 g/mol. The van der Waals surface area contributed by atoms with Gasteiger partial charge in [0.05, 0.1) is 0 Å². The molecule has 0 aliphatic carbocycles. The third-order valence-electron chi connectivity index (χ3n) is 4.02. The molecular formula is C14H31N3. The summed E-state index contributed by atoms with van der Waals surface area (Å²) in [6, 6.07) is 2.03. The highest BCUT2D eigenvalue weighted by atomic mass is 15.2. The molecule has 0 aromatic heterocycles. The van der Waals surface area contributed by atoms with Crippen molar-refractivity contribution in [3.63, 3.8) is 0 Å². The van der Waals surface area contributed by atoms with E-state index in [1.165, 1.54) is 19.4 Å². The summed E-state index contributed by atoms with van der Waals surface area (Å²) in [5.74, 6) is 0.701. The Balaban J connectivity index is 2.44. The second-order valence-electron chi connectivity index (χ2n) is 6.33. The fraction of sp³-hybridized carbons (Fsp3) is 1.00. The lowest BCUT2D eigenvalue weighted by atomic mass is 9.95. The van der Waals surface area contributed by atoms with Crippen molar-refractivity contribution >= 4 is 0 Å². The molecule has 1 rings (SSSR count). The average Bonchev–Trinajstić information content (AvgIpc) is 2.21. The van der Waals surface area contributed by atoms with Gasteiger partial charge in [0.15, 0.2) is 0 Å². The quantitative estimate of drug-likeness (QED) is 0.789. The topological polar surface area (TPSA) is 18.5 Å². The summed E-state index contributed by atoms with van der Waals surface area (Å²) in [7, 11) is 6.56. The summed E-state index contributed by atoms with van der Waals surface area (Å²) in [6.07, 6.45) is 2.57. The van der Waals surface area contributed by atoms with Gasteiger partial charge in [-0.1, -0.05) is 13.8 Å². The Labute approximate surface area is 108 Å². The van der Waals surface area contributed by atoms with Gasteiger partial charge in [0.25, 0.3) is 0 Å². The van der Waals surface area contributed by atoms with Crippen molar-refractivity contribution in [3.8, 4) is 0 Å². The van der Waals surface area contributed by atoms with Crippen molar-refractivity contribution in [2.24, 2.45) is 5.92 Å². The van der Waals surface area contributed by atoms with Crippen LogP contribution in [-0.2, 0) is 0 Å². The van der Waals surface area contributed by atoms with E-state index in [1.807, 2.05) is 0 Å². The normalized spacial score (nSPS) is 28.9. The first kappa shape index (κ1) is 14.9. The maximum atomic E-state index is 3.87. The summed E-state index contributed by atoms with van der Waals surface area (Å²) in [5.41, 5.74) is 0. The molecule has 102 valence electrons. The molecule has 1 heterocycles. The molecule has 0 spiro atoms. The van der Waals surface area contributed by atoms with Crippen molar-refractivity contribution in [3.05, 3.63) is 0 Å². The molecule has 1 aliphatic rings. The van der Waals surface area contributed by atoms with Crippen molar-refractivity contribution < 1.29 is 0 Å². The molecule has 1 fully saturated rings. The molecule has 1 aliphatic heterocycles. The molecule has 0 amide bonds. The molecule has 0 radical (unpaired) electrons. The zero-order valence-corrected chi connectivity index (χ0v) is 12.5. The molecule has 3 nitrogen and oxygen atoms in total. The highest BCUT2D eigenvalue weighted by Gasteiger charge is 2.25. The molecule has 0 aromatic rings. The van der Waals surface area contributed by atoms with Gasteiger partial charge in [-0.2, -0.15) is 0 Å². The minimum atomic E-state index is 0.616. The summed E-state index contributed by atoms with van der Waals surface area (Å²) < 4.78 is 0. The van der Waals surface area contributed by atoms with E-state index in [0.717, 1.165) is 6.54 Å². The minimum absolute atomic E-state index is 0.616. The van der Waals surface area contributed by atoms with Gasteiger partial charge in [-0.25, -0.2) is 0 Å². The molecule has 0 aromatic carbocycles. The van der Waals surface area contributed by atoms with Crippen LogP contribution in [0.4, 0.5) is 0 Å².